The summed E-state index contributed by atoms with van der Waals surface area (Å²) in [5.41, 5.74) is 3.31. The molecule has 0 aliphatic carbocycles. The summed E-state index contributed by atoms with van der Waals surface area (Å²) in [5, 5.41) is 6.95. The van der Waals surface area contributed by atoms with E-state index in [-0.39, 0.29) is 0 Å². The number of rotatable bonds is 2. The molecule has 0 atom stereocenters. The lowest BCUT2D eigenvalue weighted by Crippen LogP contribution is -1.89. The largest absolute Gasteiger partial charge is 0.378 e. The second-order valence-corrected chi connectivity index (χ2v) is 2.35. The Bertz CT molecular complexity index is 217. The van der Waals surface area contributed by atoms with Gasteiger partial charge in [0.25, 0.3) is 0 Å². The first-order valence-corrected chi connectivity index (χ1v) is 3.25. The number of aromatic amines is 1. The van der Waals surface area contributed by atoms with E-state index in [9.17, 15) is 0 Å². The van der Waals surface area contributed by atoms with Gasteiger partial charge in [-0.1, -0.05) is 0 Å². The fraction of sp³-hybridized carbons (Fsp3) is 0.571. The Morgan fingerprint density at radius 3 is 2.60 bits per heavy atom. The zero-order chi connectivity index (χ0) is 7.56. The fourth-order valence-electron chi connectivity index (χ4n) is 0.813. The number of nitrogens with zero attached hydrogens (tertiary/aromatic N) is 1. The predicted molar refractivity (Wildman–Crippen MR) is 38.8 cm³/mol. The first-order valence-electron chi connectivity index (χ1n) is 3.25. The van der Waals surface area contributed by atoms with Crippen LogP contribution in [-0.4, -0.2) is 17.3 Å². The van der Waals surface area contributed by atoms with Gasteiger partial charge in [-0.15, -0.1) is 0 Å². The summed E-state index contributed by atoms with van der Waals surface area (Å²) in [7, 11) is 1.67. The summed E-state index contributed by atoms with van der Waals surface area (Å²) in [6.45, 7) is 4.63. The quantitative estimate of drug-likeness (QED) is 0.669. The molecule has 0 saturated heterocycles. The van der Waals surface area contributed by atoms with Crippen LogP contribution in [0.3, 0.4) is 0 Å². The van der Waals surface area contributed by atoms with Crippen LogP contribution in [0.4, 0.5) is 0 Å². The minimum Gasteiger partial charge on any atom is -0.378 e. The third kappa shape index (κ3) is 1.19. The Morgan fingerprint density at radius 1 is 1.50 bits per heavy atom. The molecule has 3 nitrogen and oxygen atoms in total. The Labute approximate surface area is 60.4 Å². The SMILES string of the molecule is COCc1n[nH]c(C)c1C. The van der Waals surface area contributed by atoms with Crippen molar-refractivity contribution in [2.75, 3.05) is 7.11 Å². The van der Waals surface area contributed by atoms with Gasteiger partial charge in [-0.2, -0.15) is 5.10 Å². The van der Waals surface area contributed by atoms with Gasteiger partial charge in [0.1, 0.15) is 0 Å². The summed E-state index contributed by atoms with van der Waals surface area (Å²) in [6.07, 6.45) is 0. The molecule has 0 amide bonds. The lowest BCUT2D eigenvalue weighted by Gasteiger charge is -1.93. The van der Waals surface area contributed by atoms with E-state index in [4.69, 9.17) is 4.74 Å². The van der Waals surface area contributed by atoms with Crippen LogP contribution in [-0.2, 0) is 11.3 Å². The second kappa shape index (κ2) is 2.84. The van der Waals surface area contributed by atoms with Crippen LogP contribution in [0.25, 0.3) is 0 Å². The third-order valence-corrected chi connectivity index (χ3v) is 1.63. The number of ether oxygens (including phenoxy) is 1. The van der Waals surface area contributed by atoms with Crippen molar-refractivity contribution in [2.24, 2.45) is 0 Å². The zero-order valence-corrected chi connectivity index (χ0v) is 6.56. The molecule has 0 aliphatic heterocycles. The summed E-state index contributed by atoms with van der Waals surface area (Å²) < 4.78 is 4.94. The van der Waals surface area contributed by atoms with Crippen molar-refractivity contribution >= 4 is 0 Å². The molecule has 0 aromatic carbocycles. The average Bonchev–Trinajstić information content (AvgIpc) is 2.20. The van der Waals surface area contributed by atoms with Gasteiger partial charge >= 0.3 is 0 Å². The lowest BCUT2D eigenvalue weighted by molar-refractivity contribution is 0.181. The van der Waals surface area contributed by atoms with Crippen LogP contribution in [0.1, 0.15) is 17.0 Å². The van der Waals surface area contributed by atoms with Gasteiger partial charge in [-0.25, -0.2) is 0 Å². The molecule has 1 aromatic heterocycles. The van der Waals surface area contributed by atoms with Gasteiger partial charge in [0.15, 0.2) is 0 Å². The van der Waals surface area contributed by atoms with E-state index in [0.717, 1.165) is 11.4 Å². The highest BCUT2D eigenvalue weighted by Gasteiger charge is 2.02. The van der Waals surface area contributed by atoms with Gasteiger partial charge < -0.3 is 4.74 Å². The summed E-state index contributed by atoms with van der Waals surface area (Å²) >= 11 is 0. The maximum absolute atomic E-state index is 4.94. The molecule has 0 radical (unpaired) electrons. The number of aromatic nitrogens is 2. The summed E-state index contributed by atoms with van der Waals surface area (Å²) in [6, 6.07) is 0. The van der Waals surface area contributed by atoms with Gasteiger partial charge in [0.2, 0.25) is 0 Å². The summed E-state index contributed by atoms with van der Waals surface area (Å²) in [5.74, 6) is 0. The van der Waals surface area contributed by atoms with Crippen LogP contribution < -0.4 is 0 Å². The van der Waals surface area contributed by atoms with Crippen LogP contribution in [0, 0.1) is 13.8 Å². The zero-order valence-electron chi connectivity index (χ0n) is 6.56. The van der Waals surface area contributed by atoms with Crippen molar-refractivity contribution < 1.29 is 4.74 Å². The Balaban J connectivity index is 2.83. The molecule has 1 aromatic rings. The maximum Gasteiger partial charge on any atom is 0.0910 e. The molecule has 1 N–H and O–H groups in total. The molecule has 0 unspecified atom stereocenters. The van der Waals surface area contributed by atoms with Crippen molar-refractivity contribution in [2.45, 2.75) is 20.5 Å². The van der Waals surface area contributed by atoms with E-state index >= 15 is 0 Å². The number of nitrogens with one attached hydrogen (secondary N) is 1. The summed E-state index contributed by atoms with van der Waals surface area (Å²) in [4.78, 5) is 0. The van der Waals surface area contributed by atoms with E-state index < -0.39 is 0 Å². The highest BCUT2D eigenvalue weighted by Crippen LogP contribution is 2.08. The number of H-pyrrole nitrogens is 1. The van der Waals surface area contributed by atoms with E-state index in [2.05, 4.69) is 10.2 Å². The molecule has 0 saturated carbocycles. The molecule has 0 aliphatic rings. The molecular weight excluding hydrogens is 128 g/mol. The molecule has 56 valence electrons. The van der Waals surface area contributed by atoms with Gasteiger partial charge in [-0.3, -0.25) is 5.10 Å². The number of methoxy groups -OCH3 is 1. The maximum atomic E-state index is 4.94. The third-order valence-electron chi connectivity index (χ3n) is 1.63. The van der Waals surface area contributed by atoms with E-state index in [1.165, 1.54) is 5.56 Å². The highest BCUT2D eigenvalue weighted by atomic mass is 16.5. The predicted octanol–water partition coefficient (Wildman–Crippen LogP) is 1.17. The minimum atomic E-state index is 0.593. The monoisotopic (exact) mass is 140 g/mol. The van der Waals surface area contributed by atoms with Crippen LogP contribution in [0.5, 0.6) is 0 Å². The number of hydrogen-bond acceptors (Lipinski definition) is 2. The number of aryl methyl sites for hydroxylation is 1. The number of hydrogen-bond donors (Lipinski definition) is 1. The Morgan fingerprint density at radius 2 is 2.20 bits per heavy atom. The molecule has 0 fully saturated rings. The van der Waals surface area contributed by atoms with Crippen LogP contribution >= 0.6 is 0 Å². The van der Waals surface area contributed by atoms with Crippen LogP contribution in [0.2, 0.25) is 0 Å². The standard InChI is InChI=1S/C7H12N2O/c1-5-6(2)8-9-7(5)4-10-3/h4H2,1-3H3,(H,8,9). The van der Waals surface area contributed by atoms with Crippen molar-refractivity contribution in [3.63, 3.8) is 0 Å². The Kier molecular flexibility index (Phi) is 2.06. The molecule has 0 bridgehead atoms. The van der Waals surface area contributed by atoms with Crippen molar-refractivity contribution in [3.8, 4) is 0 Å². The van der Waals surface area contributed by atoms with Crippen molar-refractivity contribution in [1.82, 2.24) is 10.2 Å². The first-order chi connectivity index (χ1) is 4.75. The molecule has 1 rings (SSSR count). The molecule has 1 heterocycles. The minimum absolute atomic E-state index is 0.593. The molecule has 0 spiro atoms. The first kappa shape index (κ1) is 7.28. The topological polar surface area (TPSA) is 37.9 Å². The lowest BCUT2D eigenvalue weighted by atomic mass is 10.2. The molecular formula is C7H12N2O. The van der Waals surface area contributed by atoms with Crippen molar-refractivity contribution in [1.29, 1.82) is 0 Å². The van der Waals surface area contributed by atoms with Gasteiger partial charge in [-0.05, 0) is 19.4 Å². The Hall–Kier alpha value is -0.830. The fourth-order valence-corrected chi connectivity index (χ4v) is 0.813. The van der Waals surface area contributed by atoms with Gasteiger partial charge in [0, 0.05) is 12.8 Å². The van der Waals surface area contributed by atoms with E-state index in [1.807, 2.05) is 13.8 Å². The normalized spacial score (nSPS) is 10.3. The van der Waals surface area contributed by atoms with Crippen molar-refractivity contribution in [3.05, 3.63) is 17.0 Å². The average molecular weight is 140 g/mol. The van der Waals surface area contributed by atoms with E-state index in [1.54, 1.807) is 7.11 Å². The highest BCUT2D eigenvalue weighted by molar-refractivity contribution is 5.21. The molecule has 10 heavy (non-hydrogen) atoms. The van der Waals surface area contributed by atoms with E-state index in [0.29, 0.717) is 6.61 Å². The van der Waals surface area contributed by atoms with Crippen LogP contribution in [0.15, 0.2) is 0 Å². The van der Waals surface area contributed by atoms with Gasteiger partial charge in [0.05, 0.1) is 12.3 Å². The second-order valence-electron chi connectivity index (χ2n) is 2.35. The smallest absolute Gasteiger partial charge is 0.0910 e. The molecule has 3 heteroatoms.